The molecule has 0 aromatic heterocycles. The predicted octanol–water partition coefficient (Wildman–Crippen LogP) is 5.66. The molecule has 0 aliphatic heterocycles. The first-order valence-corrected chi connectivity index (χ1v) is 6.33. The molecule has 94 valence electrons. The third-order valence-corrected chi connectivity index (χ3v) is 3.31. The summed E-state index contributed by atoms with van der Waals surface area (Å²) >= 11 is 10.7. The summed E-state index contributed by atoms with van der Waals surface area (Å²) in [4.78, 5) is -2.14. The maximum Gasteiger partial charge on any atom is 0.310 e. The number of benzene rings is 1. The highest BCUT2D eigenvalue weighted by molar-refractivity contribution is 8.45. The number of rotatable bonds is 2. The van der Waals surface area contributed by atoms with E-state index < -0.39 is 25.2 Å². The number of halogens is 7. The van der Waals surface area contributed by atoms with Crippen LogP contribution in [-0.2, 0) is 0 Å². The fourth-order valence-corrected chi connectivity index (χ4v) is 2.41. The summed E-state index contributed by atoms with van der Waals surface area (Å²) in [6.45, 7) is 0. The van der Waals surface area contributed by atoms with E-state index in [-0.39, 0.29) is 17.9 Å². The zero-order valence-electron chi connectivity index (χ0n) is 7.62. The Morgan fingerprint density at radius 1 is 1.00 bits per heavy atom. The van der Waals surface area contributed by atoms with Crippen molar-refractivity contribution in [3.8, 4) is 5.75 Å². The summed E-state index contributed by atoms with van der Waals surface area (Å²) in [6, 6.07) is 0.182. The minimum Gasteiger partial charge on any atom is -0.494 e. The van der Waals surface area contributed by atoms with Crippen LogP contribution >= 0.6 is 33.4 Å². The smallest absolute Gasteiger partial charge is 0.310 e. The Balaban J connectivity index is 3.54. The van der Waals surface area contributed by atoms with E-state index in [0.29, 0.717) is 0 Å². The number of hydrogen-bond acceptors (Lipinski definition) is 1. The first kappa shape index (κ1) is 13.7. The molecule has 1 aromatic carbocycles. The van der Waals surface area contributed by atoms with Crippen LogP contribution in [0.15, 0.2) is 17.0 Å². The molecule has 0 heterocycles. The molecular weight excluding hydrogens is 298 g/mol. The maximum absolute atomic E-state index is 12.4. The Kier molecular flexibility index (Phi) is 2.63. The second kappa shape index (κ2) is 3.08. The van der Waals surface area contributed by atoms with Crippen molar-refractivity contribution in [3.05, 3.63) is 22.2 Å². The molecule has 0 amide bonds. The topological polar surface area (TPSA) is 9.23 Å². The van der Waals surface area contributed by atoms with E-state index in [0.717, 1.165) is 7.11 Å². The van der Waals surface area contributed by atoms with Crippen LogP contribution < -0.4 is 4.74 Å². The third-order valence-electron chi connectivity index (χ3n) is 1.62. The fourth-order valence-electron chi connectivity index (χ4n) is 0.954. The molecule has 0 unspecified atom stereocenters. The van der Waals surface area contributed by atoms with Gasteiger partial charge in [0.2, 0.25) is 0 Å². The average molecular weight is 303 g/mol. The Morgan fingerprint density at radius 2 is 1.38 bits per heavy atom. The van der Waals surface area contributed by atoms with Gasteiger partial charge >= 0.3 is 10.2 Å². The van der Waals surface area contributed by atoms with Gasteiger partial charge in [-0.15, -0.1) is 0 Å². The lowest BCUT2D eigenvalue weighted by molar-refractivity contribution is 0.363. The van der Waals surface area contributed by atoms with Gasteiger partial charge in [-0.3, -0.25) is 0 Å². The van der Waals surface area contributed by atoms with Crippen LogP contribution in [0.5, 0.6) is 5.75 Å². The second-order valence-electron chi connectivity index (χ2n) is 2.89. The Hall–Kier alpha value is -0.400. The van der Waals surface area contributed by atoms with E-state index in [1.165, 1.54) is 0 Å². The zero-order chi connectivity index (χ0) is 12.8. The van der Waals surface area contributed by atoms with Gasteiger partial charge < -0.3 is 4.74 Å². The summed E-state index contributed by atoms with van der Waals surface area (Å²) in [6.07, 6.45) is 0. The third kappa shape index (κ3) is 2.83. The second-order valence-corrected chi connectivity index (χ2v) is 6.11. The van der Waals surface area contributed by atoms with Crippen molar-refractivity contribution in [2.75, 3.05) is 7.11 Å². The normalized spacial score (nSPS) is 16.5. The van der Waals surface area contributed by atoms with Crippen molar-refractivity contribution in [3.63, 3.8) is 0 Å². The van der Waals surface area contributed by atoms with Crippen LogP contribution in [0, 0.1) is 0 Å². The van der Waals surface area contributed by atoms with Gasteiger partial charge in [0.15, 0.2) is 5.75 Å². The summed E-state index contributed by atoms with van der Waals surface area (Å²) in [5, 5.41) is -1.25. The summed E-state index contributed by atoms with van der Waals surface area (Å²) in [7, 11) is -8.66. The van der Waals surface area contributed by atoms with Gasteiger partial charge in [-0.25, -0.2) is 0 Å². The highest BCUT2D eigenvalue weighted by Gasteiger charge is 2.65. The van der Waals surface area contributed by atoms with Crippen molar-refractivity contribution in [2.24, 2.45) is 0 Å². The van der Waals surface area contributed by atoms with Crippen LogP contribution in [0.3, 0.4) is 0 Å². The lowest BCUT2D eigenvalue weighted by Gasteiger charge is -2.40. The van der Waals surface area contributed by atoms with Gasteiger partial charge in [-0.05, 0) is 12.1 Å². The molecule has 1 nitrogen and oxygen atoms in total. The SMILES string of the molecule is COc1c(Cl)cc(S(F)(F)(F)(F)F)cc1Cl. The monoisotopic (exact) mass is 302 g/mol. The van der Waals surface area contributed by atoms with E-state index in [9.17, 15) is 19.4 Å². The van der Waals surface area contributed by atoms with Crippen molar-refractivity contribution < 1.29 is 24.2 Å². The molecule has 0 aliphatic carbocycles. The lowest BCUT2D eigenvalue weighted by Crippen LogP contribution is -2.06. The van der Waals surface area contributed by atoms with Crippen LogP contribution in [-0.4, -0.2) is 7.11 Å². The molecule has 0 saturated heterocycles. The van der Waals surface area contributed by atoms with Crippen molar-refractivity contribution in [2.45, 2.75) is 4.90 Å². The quantitative estimate of drug-likeness (QED) is 0.641. The average Bonchev–Trinajstić information content (AvgIpc) is 1.99. The summed E-state index contributed by atoms with van der Waals surface area (Å²) < 4.78 is 66.5. The first-order valence-electron chi connectivity index (χ1n) is 3.62. The Bertz CT molecular complexity index is 420. The lowest BCUT2D eigenvalue weighted by atomic mass is 10.3. The summed E-state index contributed by atoms with van der Waals surface area (Å²) in [5.41, 5.74) is 0. The molecule has 0 saturated carbocycles. The minimum atomic E-state index is -9.76. The molecule has 0 atom stereocenters. The standard InChI is InChI=1S/C7H5Cl2F5OS/c1-15-7-5(8)2-4(3-6(7)9)16(10,11,12,13)14/h2-3H,1H3. The zero-order valence-corrected chi connectivity index (χ0v) is 9.95. The molecule has 1 rings (SSSR count). The van der Waals surface area contributed by atoms with E-state index >= 15 is 0 Å². The van der Waals surface area contributed by atoms with Gasteiger partial charge in [0, 0.05) is 0 Å². The van der Waals surface area contributed by atoms with Gasteiger partial charge in [0.25, 0.3) is 0 Å². The molecule has 0 radical (unpaired) electrons. The van der Waals surface area contributed by atoms with Crippen LogP contribution in [0.2, 0.25) is 10.0 Å². The fraction of sp³-hybridized carbons (Fsp3) is 0.143. The molecular formula is C7H5Cl2F5OS. The summed E-state index contributed by atoms with van der Waals surface area (Å²) in [5.74, 6) is -0.283. The van der Waals surface area contributed by atoms with E-state index in [2.05, 4.69) is 4.74 Å². The number of hydrogen-bond donors (Lipinski definition) is 0. The molecule has 0 bridgehead atoms. The molecule has 0 spiro atoms. The predicted molar refractivity (Wildman–Crippen MR) is 54.4 cm³/mol. The molecule has 0 aliphatic rings. The van der Waals surface area contributed by atoms with Crippen LogP contribution in [0.25, 0.3) is 0 Å². The van der Waals surface area contributed by atoms with Gasteiger partial charge in [-0.1, -0.05) is 42.6 Å². The molecule has 0 fully saturated rings. The molecule has 1 aromatic rings. The molecule has 9 heteroatoms. The largest absolute Gasteiger partial charge is 0.494 e. The van der Waals surface area contributed by atoms with Crippen molar-refractivity contribution >= 4 is 33.4 Å². The number of methoxy groups -OCH3 is 1. The maximum atomic E-state index is 12.4. The van der Waals surface area contributed by atoms with Crippen molar-refractivity contribution in [1.82, 2.24) is 0 Å². The van der Waals surface area contributed by atoms with Crippen LogP contribution in [0.1, 0.15) is 0 Å². The van der Waals surface area contributed by atoms with Crippen LogP contribution in [0.4, 0.5) is 19.4 Å². The Morgan fingerprint density at radius 3 is 1.62 bits per heavy atom. The minimum absolute atomic E-state index is 0.0911. The van der Waals surface area contributed by atoms with Gasteiger partial charge in [0.05, 0.1) is 17.2 Å². The van der Waals surface area contributed by atoms with E-state index in [1.807, 2.05) is 0 Å². The Labute approximate surface area is 97.8 Å². The van der Waals surface area contributed by atoms with Gasteiger partial charge in [-0.2, -0.15) is 0 Å². The van der Waals surface area contributed by atoms with E-state index in [4.69, 9.17) is 23.2 Å². The van der Waals surface area contributed by atoms with E-state index in [1.54, 1.807) is 0 Å². The number of ether oxygens (including phenoxy) is 1. The highest BCUT2D eigenvalue weighted by atomic mass is 35.5. The molecule has 16 heavy (non-hydrogen) atoms. The van der Waals surface area contributed by atoms with Crippen molar-refractivity contribution in [1.29, 1.82) is 0 Å². The van der Waals surface area contributed by atoms with Gasteiger partial charge in [0.1, 0.15) is 4.90 Å². The molecule has 0 N–H and O–H groups in total. The highest BCUT2D eigenvalue weighted by Crippen LogP contribution is 3.02. The first-order chi connectivity index (χ1) is 6.85.